The summed E-state index contributed by atoms with van der Waals surface area (Å²) in [5, 5.41) is 12.8. The largest absolute Gasteiger partial charge is 0.388 e. The van der Waals surface area contributed by atoms with Crippen LogP contribution >= 0.6 is 11.3 Å². The van der Waals surface area contributed by atoms with Gasteiger partial charge in [0.05, 0.1) is 5.60 Å². The van der Waals surface area contributed by atoms with Crippen LogP contribution in [-0.2, 0) is 4.79 Å². The van der Waals surface area contributed by atoms with Crippen molar-refractivity contribution in [1.29, 1.82) is 0 Å². The molecule has 0 atom stereocenters. The average Bonchev–Trinajstić information content (AvgIpc) is 2.79. The zero-order valence-corrected chi connectivity index (χ0v) is 12.0. The first-order chi connectivity index (χ1) is 8.49. The van der Waals surface area contributed by atoms with Crippen LogP contribution in [0.2, 0.25) is 0 Å². The van der Waals surface area contributed by atoms with E-state index in [4.69, 9.17) is 0 Å². The molecule has 0 fully saturated rings. The van der Waals surface area contributed by atoms with Crippen molar-refractivity contribution in [3.63, 3.8) is 0 Å². The van der Waals surface area contributed by atoms with Gasteiger partial charge in [-0.25, -0.2) is 0 Å². The van der Waals surface area contributed by atoms with Crippen LogP contribution in [0.3, 0.4) is 0 Å². The predicted octanol–water partition coefficient (Wildman–Crippen LogP) is 2.74. The Morgan fingerprint density at radius 3 is 2.61 bits per heavy atom. The summed E-state index contributed by atoms with van der Waals surface area (Å²) in [7, 11) is 0. The van der Waals surface area contributed by atoms with Crippen molar-refractivity contribution in [3.8, 4) is 0 Å². The number of carbonyl (C=O) groups is 1. The third-order valence-electron chi connectivity index (χ3n) is 3.07. The predicted molar refractivity (Wildman–Crippen MR) is 76.6 cm³/mol. The summed E-state index contributed by atoms with van der Waals surface area (Å²) >= 11 is 1.65. The second kappa shape index (κ2) is 6.71. The van der Waals surface area contributed by atoms with Gasteiger partial charge in [0.25, 0.3) is 0 Å². The van der Waals surface area contributed by atoms with Crippen LogP contribution in [0.25, 0.3) is 6.08 Å². The van der Waals surface area contributed by atoms with Crippen molar-refractivity contribution >= 4 is 23.3 Å². The van der Waals surface area contributed by atoms with Crippen LogP contribution in [0.15, 0.2) is 18.2 Å². The Morgan fingerprint density at radius 1 is 1.44 bits per heavy atom. The molecule has 3 nitrogen and oxygen atoms in total. The van der Waals surface area contributed by atoms with E-state index in [2.05, 4.69) is 5.32 Å². The highest BCUT2D eigenvalue weighted by molar-refractivity contribution is 7.12. The van der Waals surface area contributed by atoms with Crippen molar-refractivity contribution in [3.05, 3.63) is 28.0 Å². The minimum atomic E-state index is -0.789. The molecule has 2 N–H and O–H groups in total. The van der Waals surface area contributed by atoms with Crippen molar-refractivity contribution in [2.24, 2.45) is 0 Å². The standard InChI is InChI=1S/C14H21NO2S/c1-4-14(17,5-2)10-15-13(16)9-8-12-7-6-11(3)18-12/h6-9,17H,4-5,10H2,1-3H3,(H,15,16). The highest BCUT2D eigenvalue weighted by atomic mass is 32.1. The summed E-state index contributed by atoms with van der Waals surface area (Å²) in [5.74, 6) is -0.165. The molecule has 0 saturated heterocycles. The van der Waals surface area contributed by atoms with Gasteiger partial charge in [0.2, 0.25) is 5.91 Å². The van der Waals surface area contributed by atoms with Gasteiger partial charge in [-0.15, -0.1) is 11.3 Å². The van der Waals surface area contributed by atoms with Gasteiger partial charge in [0.1, 0.15) is 0 Å². The maximum atomic E-state index is 11.6. The molecule has 1 aromatic heterocycles. The number of aliphatic hydroxyl groups is 1. The van der Waals surface area contributed by atoms with Crippen molar-refractivity contribution in [2.45, 2.75) is 39.2 Å². The smallest absolute Gasteiger partial charge is 0.244 e. The van der Waals surface area contributed by atoms with E-state index in [0.29, 0.717) is 19.4 Å². The quantitative estimate of drug-likeness (QED) is 0.779. The van der Waals surface area contributed by atoms with E-state index in [1.54, 1.807) is 17.4 Å². The highest BCUT2D eigenvalue weighted by Gasteiger charge is 2.22. The molecular formula is C14H21NO2S. The summed E-state index contributed by atoms with van der Waals surface area (Å²) in [4.78, 5) is 13.9. The van der Waals surface area contributed by atoms with E-state index < -0.39 is 5.60 Å². The van der Waals surface area contributed by atoms with Gasteiger partial charge in [0.15, 0.2) is 0 Å². The molecule has 0 bridgehead atoms. The molecule has 0 unspecified atom stereocenters. The maximum absolute atomic E-state index is 11.6. The fraction of sp³-hybridized carbons (Fsp3) is 0.500. The van der Waals surface area contributed by atoms with Crippen molar-refractivity contribution < 1.29 is 9.90 Å². The lowest BCUT2D eigenvalue weighted by atomic mass is 9.98. The molecule has 0 aliphatic carbocycles. The van der Waals surface area contributed by atoms with Gasteiger partial charge in [-0.1, -0.05) is 13.8 Å². The van der Waals surface area contributed by atoms with E-state index >= 15 is 0 Å². The van der Waals surface area contributed by atoms with Crippen LogP contribution in [0.4, 0.5) is 0 Å². The molecule has 1 rings (SSSR count). The molecule has 1 heterocycles. The van der Waals surface area contributed by atoms with Crippen molar-refractivity contribution in [1.82, 2.24) is 5.32 Å². The van der Waals surface area contributed by atoms with Crippen LogP contribution in [-0.4, -0.2) is 23.2 Å². The number of thiophene rings is 1. The third-order valence-corrected chi connectivity index (χ3v) is 4.03. The Bertz CT molecular complexity index is 419. The molecule has 0 spiro atoms. The lowest BCUT2D eigenvalue weighted by Crippen LogP contribution is -2.41. The number of carbonyl (C=O) groups excluding carboxylic acids is 1. The summed E-state index contributed by atoms with van der Waals surface area (Å²) in [6.07, 6.45) is 4.58. The SMILES string of the molecule is CCC(O)(CC)CNC(=O)C=Cc1ccc(C)s1. The van der Waals surface area contributed by atoms with Gasteiger partial charge in [0, 0.05) is 22.4 Å². The van der Waals surface area contributed by atoms with Gasteiger partial charge < -0.3 is 10.4 Å². The van der Waals surface area contributed by atoms with Crippen molar-refractivity contribution in [2.75, 3.05) is 6.54 Å². The summed E-state index contributed by atoms with van der Waals surface area (Å²) in [6.45, 7) is 6.16. The average molecular weight is 267 g/mol. The number of nitrogens with one attached hydrogen (secondary N) is 1. The minimum Gasteiger partial charge on any atom is -0.388 e. The normalized spacial score (nSPS) is 12.0. The van der Waals surface area contributed by atoms with E-state index in [-0.39, 0.29) is 5.91 Å². The Kier molecular flexibility index (Phi) is 5.56. The molecular weight excluding hydrogens is 246 g/mol. The van der Waals surface area contributed by atoms with E-state index in [1.165, 1.54) is 11.0 Å². The van der Waals surface area contributed by atoms with E-state index in [9.17, 15) is 9.90 Å². The number of amides is 1. The summed E-state index contributed by atoms with van der Waals surface area (Å²) < 4.78 is 0. The molecule has 18 heavy (non-hydrogen) atoms. The van der Waals surface area contributed by atoms with Crippen LogP contribution < -0.4 is 5.32 Å². The number of aryl methyl sites for hydroxylation is 1. The van der Waals surface area contributed by atoms with Gasteiger partial charge in [-0.2, -0.15) is 0 Å². The lowest BCUT2D eigenvalue weighted by molar-refractivity contribution is -0.117. The zero-order chi connectivity index (χ0) is 13.6. The van der Waals surface area contributed by atoms with Crippen LogP contribution in [0, 0.1) is 6.92 Å². The maximum Gasteiger partial charge on any atom is 0.244 e. The Hall–Kier alpha value is -1.13. The van der Waals surface area contributed by atoms with Crippen LogP contribution in [0.5, 0.6) is 0 Å². The Balaban J connectivity index is 2.45. The number of hydrogen-bond acceptors (Lipinski definition) is 3. The highest BCUT2D eigenvalue weighted by Crippen LogP contribution is 2.16. The first-order valence-electron chi connectivity index (χ1n) is 6.24. The second-order valence-corrected chi connectivity index (χ2v) is 5.75. The van der Waals surface area contributed by atoms with Gasteiger partial charge >= 0.3 is 0 Å². The second-order valence-electron chi connectivity index (χ2n) is 4.43. The fourth-order valence-corrected chi connectivity index (χ4v) is 2.29. The molecule has 0 aromatic carbocycles. The molecule has 0 saturated carbocycles. The molecule has 0 aliphatic rings. The summed E-state index contributed by atoms with van der Waals surface area (Å²) in [5.41, 5.74) is -0.789. The lowest BCUT2D eigenvalue weighted by Gasteiger charge is -2.24. The first-order valence-corrected chi connectivity index (χ1v) is 7.05. The topological polar surface area (TPSA) is 49.3 Å². The number of hydrogen-bond donors (Lipinski definition) is 2. The molecule has 0 aliphatic heterocycles. The molecule has 4 heteroatoms. The molecule has 0 radical (unpaired) electrons. The Morgan fingerprint density at radius 2 is 2.11 bits per heavy atom. The monoisotopic (exact) mass is 267 g/mol. The fourth-order valence-electron chi connectivity index (χ4n) is 1.51. The van der Waals surface area contributed by atoms with E-state index in [1.807, 2.05) is 32.9 Å². The minimum absolute atomic E-state index is 0.165. The zero-order valence-electron chi connectivity index (χ0n) is 11.2. The molecule has 1 amide bonds. The molecule has 1 aromatic rings. The van der Waals surface area contributed by atoms with Gasteiger partial charge in [-0.3, -0.25) is 4.79 Å². The van der Waals surface area contributed by atoms with Gasteiger partial charge in [-0.05, 0) is 38.0 Å². The third kappa shape index (κ3) is 4.63. The van der Waals surface area contributed by atoms with Crippen LogP contribution in [0.1, 0.15) is 36.4 Å². The van der Waals surface area contributed by atoms with E-state index in [0.717, 1.165) is 4.88 Å². The Labute approximate surface area is 113 Å². The summed E-state index contributed by atoms with van der Waals surface area (Å²) in [6, 6.07) is 4.01. The number of rotatable bonds is 6. The first kappa shape index (κ1) is 14.9. The molecule has 100 valence electrons.